The third-order valence-electron chi connectivity index (χ3n) is 3.84. The molecule has 1 amide bonds. The summed E-state index contributed by atoms with van der Waals surface area (Å²) in [5.74, 6) is 0.202. The molecule has 1 fully saturated rings. The first-order valence-electron chi connectivity index (χ1n) is 6.83. The fourth-order valence-corrected chi connectivity index (χ4v) is 3.73. The van der Waals surface area contributed by atoms with Crippen molar-refractivity contribution in [2.75, 3.05) is 25.4 Å². The van der Waals surface area contributed by atoms with Crippen molar-refractivity contribution in [3.8, 4) is 0 Å². The van der Waals surface area contributed by atoms with Crippen molar-refractivity contribution in [1.29, 1.82) is 0 Å². The fraction of sp³-hybridized carbons (Fsp3) is 0.500. The van der Waals surface area contributed by atoms with Crippen LogP contribution in [0.15, 0.2) is 17.0 Å². The van der Waals surface area contributed by atoms with E-state index in [0.717, 1.165) is 6.07 Å². The van der Waals surface area contributed by atoms with Crippen LogP contribution in [0, 0.1) is 0 Å². The lowest BCUT2D eigenvalue weighted by Crippen LogP contribution is -2.44. The fourth-order valence-electron chi connectivity index (χ4n) is 2.98. The maximum atomic E-state index is 13.3. The number of thioether (sulfide) groups is 1. The molecule has 2 heterocycles. The zero-order chi connectivity index (χ0) is 15.2. The molecule has 2 aliphatic heterocycles. The van der Waals surface area contributed by atoms with Crippen LogP contribution in [-0.4, -0.2) is 36.2 Å². The Hall–Kier alpha value is -1.21. The van der Waals surface area contributed by atoms with E-state index in [2.05, 4.69) is 5.32 Å². The number of amides is 1. The van der Waals surface area contributed by atoms with E-state index < -0.39 is 17.6 Å². The minimum atomic E-state index is -4.51. The minimum absolute atomic E-state index is 0.156. The maximum Gasteiger partial charge on any atom is 0.417 e. The molecule has 1 aromatic rings. The van der Waals surface area contributed by atoms with Gasteiger partial charge in [-0.15, -0.1) is 11.8 Å². The first-order chi connectivity index (χ1) is 9.93. The van der Waals surface area contributed by atoms with Gasteiger partial charge in [-0.25, -0.2) is 0 Å². The Bertz CT molecular complexity index is 588. The number of benzene rings is 1. The second kappa shape index (κ2) is 5.21. The van der Waals surface area contributed by atoms with Gasteiger partial charge in [0.15, 0.2) is 0 Å². The Morgan fingerprint density at radius 3 is 2.86 bits per heavy atom. The molecule has 1 N–H and O–H groups in total. The van der Waals surface area contributed by atoms with Crippen LogP contribution >= 0.6 is 11.8 Å². The predicted molar refractivity (Wildman–Crippen MR) is 74.5 cm³/mol. The number of piperazine rings is 1. The summed E-state index contributed by atoms with van der Waals surface area (Å²) < 4.78 is 40.0. The highest BCUT2D eigenvalue weighted by molar-refractivity contribution is 7.99. The predicted octanol–water partition coefficient (Wildman–Crippen LogP) is 2.92. The van der Waals surface area contributed by atoms with E-state index in [1.807, 2.05) is 6.92 Å². The van der Waals surface area contributed by atoms with Crippen molar-refractivity contribution >= 4 is 17.7 Å². The monoisotopic (exact) mass is 316 g/mol. The largest absolute Gasteiger partial charge is 0.417 e. The molecule has 1 atom stereocenters. The van der Waals surface area contributed by atoms with E-state index in [4.69, 9.17) is 0 Å². The number of alkyl halides is 3. The van der Waals surface area contributed by atoms with Gasteiger partial charge in [0.2, 0.25) is 0 Å². The highest BCUT2D eigenvalue weighted by atomic mass is 32.2. The van der Waals surface area contributed by atoms with Crippen LogP contribution in [0.25, 0.3) is 0 Å². The number of nitrogens with one attached hydrogen (secondary N) is 1. The van der Waals surface area contributed by atoms with Crippen LogP contribution in [0.2, 0.25) is 0 Å². The van der Waals surface area contributed by atoms with E-state index in [-0.39, 0.29) is 11.6 Å². The molecular formula is C14H15F3N2OS. The molecular weight excluding hydrogens is 301 g/mol. The summed E-state index contributed by atoms with van der Waals surface area (Å²) in [4.78, 5) is 14.5. The second-order valence-electron chi connectivity index (χ2n) is 5.08. The molecule has 1 saturated heterocycles. The molecule has 0 aliphatic carbocycles. The van der Waals surface area contributed by atoms with Crippen LogP contribution in [-0.2, 0) is 6.18 Å². The zero-order valence-corrected chi connectivity index (χ0v) is 12.3. The Morgan fingerprint density at radius 1 is 1.43 bits per heavy atom. The Labute approximate surface area is 124 Å². The summed E-state index contributed by atoms with van der Waals surface area (Å²) in [5.41, 5.74) is -0.440. The standard InChI is InChI=1S/C14H15F3N2OS/c1-2-21-8-5-9-11-7-18-3-4-19(11)13(20)12(9)10(6-8)14(15,16)17/h5-6,11,18H,2-4,7H2,1H3. The molecule has 2 aliphatic rings. The summed E-state index contributed by atoms with van der Waals surface area (Å²) in [6.45, 7) is 3.47. The van der Waals surface area contributed by atoms with Gasteiger partial charge >= 0.3 is 6.18 Å². The number of halogens is 3. The summed E-state index contributed by atoms with van der Waals surface area (Å²) in [7, 11) is 0. The number of hydrogen-bond donors (Lipinski definition) is 1. The van der Waals surface area contributed by atoms with Crippen molar-refractivity contribution < 1.29 is 18.0 Å². The van der Waals surface area contributed by atoms with Gasteiger partial charge < -0.3 is 10.2 Å². The molecule has 1 aromatic carbocycles. The number of fused-ring (bicyclic) bond motifs is 3. The molecule has 0 aromatic heterocycles. The molecule has 0 radical (unpaired) electrons. The number of carbonyl (C=O) groups excluding carboxylic acids is 1. The molecule has 7 heteroatoms. The Kier molecular flexibility index (Phi) is 3.65. The quantitative estimate of drug-likeness (QED) is 0.852. The molecule has 0 saturated carbocycles. The van der Waals surface area contributed by atoms with Crippen LogP contribution in [0.4, 0.5) is 13.2 Å². The van der Waals surface area contributed by atoms with Crippen LogP contribution in [0.3, 0.4) is 0 Å². The molecule has 3 rings (SSSR count). The molecule has 3 nitrogen and oxygen atoms in total. The van der Waals surface area contributed by atoms with Gasteiger partial charge in [0.1, 0.15) is 0 Å². The highest BCUT2D eigenvalue weighted by Crippen LogP contribution is 2.44. The van der Waals surface area contributed by atoms with Crippen LogP contribution in [0.5, 0.6) is 0 Å². The zero-order valence-electron chi connectivity index (χ0n) is 11.5. The van der Waals surface area contributed by atoms with Gasteiger partial charge in [0, 0.05) is 24.5 Å². The van der Waals surface area contributed by atoms with E-state index >= 15 is 0 Å². The van der Waals surface area contributed by atoms with E-state index in [1.165, 1.54) is 11.8 Å². The van der Waals surface area contributed by atoms with Crippen molar-refractivity contribution in [2.24, 2.45) is 0 Å². The molecule has 21 heavy (non-hydrogen) atoms. The molecule has 114 valence electrons. The topological polar surface area (TPSA) is 32.3 Å². The maximum absolute atomic E-state index is 13.3. The van der Waals surface area contributed by atoms with Gasteiger partial charge in [0.25, 0.3) is 5.91 Å². The summed E-state index contributed by atoms with van der Waals surface area (Å²) in [6.07, 6.45) is -4.51. The van der Waals surface area contributed by atoms with Crippen LogP contribution < -0.4 is 5.32 Å². The highest BCUT2D eigenvalue weighted by Gasteiger charge is 2.45. The van der Waals surface area contributed by atoms with Gasteiger partial charge in [-0.05, 0) is 23.4 Å². The SMILES string of the molecule is CCSc1cc2c(c(C(F)(F)F)c1)C(=O)N1CCNCC21. The van der Waals surface area contributed by atoms with Gasteiger partial charge in [-0.1, -0.05) is 6.92 Å². The number of hydrogen-bond acceptors (Lipinski definition) is 3. The van der Waals surface area contributed by atoms with Gasteiger partial charge in [-0.2, -0.15) is 13.2 Å². The Balaban J connectivity index is 2.17. The average molecular weight is 316 g/mol. The number of carbonyl (C=O) groups is 1. The van der Waals surface area contributed by atoms with E-state index in [9.17, 15) is 18.0 Å². The Morgan fingerprint density at radius 2 is 2.19 bits per heavy atom. The normalized spacial score (nSPS) is 21.4. The van der Waals surface area contributed by atoms with Crippen molar-refractivity contribution in [1.82, 2.24) is 10.2 Å². The van der Waals surface area contributed by atoms with Gasteiger partial charge in [0.05, 0.1) is 17.2 Å². The lowest BCUT2D eigenvalue weighted by molar-refractivity contribution is -0.138. The van der Waals surface area contributed by atoms with Crippen molar-refractivity contribution in [2.45, 2.75) is 24.0 Å². The van der Waals surface area contributed by atoms with E-state index in [0.29, 0.717) is 35.8 Å². The molecule has 1 unspecified atom stereocenters. The first kappa shape index (κ1) is 14.7. The summed E-state index contributed by atoms with van der Waals surface area (Å²) in [5, 5.41) is 3.15. The number of nitrogens with zero attached hydrogens (tertiary/aromatic N) is 1. The van der Waals surface area contributed by atoms with E-state index in [1.54, 1.807) is 11.0 Å². The minimum Gasteiger partial charge on any atom is -0.329 e. The smallest absolute Gasteiger partial charge is 0.329 e. The summed E-state index contributed by atoms with van der Waals surface area (Å²) >= 11 is 1.36. The van der Waals surface area contributed by atoms with Crippen LogP contribution in [0.1, 0.15) is 34.5 Å². The number of rotatable bonds is 2. The molecule has 0 bridgehead atoms. The van der Waals surface area contributed by atoms with Crippen molar-refractivity contribution in [3.05, 3.63) is 28.8 Å². The lowest BCUT2D eigenvalue weighted by atomic mass is 9.98. The average Bonchev–Trinajstić information content (AvgIpc) is 2.72. The molecule has 0 spiro atoms. The summed E-state index contributed by atoms with van der Waals surface area (Å²) in [6, 6.07) is 2.57. The van der Waals surface area contributed by atoms with Gasteiger partial charge in [-0.3, -0.25) is 4.79 Å². The third kappa shape index (κ3) is 2.42. The second-order valence-corrected chi connectivity index (χ2v) is 6.42. The van der Waals surface area contributed by atoms with Crippen molar-refractivity contribution in [3.63, 3.8) is 0 Å². The first-order valence-corrected chi connectivity index (χ1v) is 7.81. The third-order valence-corrected chi connectivity index (χ3v) is 4.69. The lowest BCUT2D eigenvalue weighted by Gasteiger charge is -2.30.